The first-order valence-electron chi connectivity index (χ1n) is 8.64. The Labute approximate surface area is 151 Å². The molecule has 1 unspecified atom stereocenters. The second kappa shape index (κ2) is 6.90. The fraction of sp³-hybridized carbons (Fsp3) is 0.421. The number of carboxylic acids is 1. The van der Waals surface area contributed by atoms with Gasteiger partial charge >= 0.3 is 5.97 Å². The molecule has 1 aromatic heterocycles. The molecule has 26 heavy (non-hydrogen) atoms. The molecule has 0 bridgehead atoms. The normalized spacial score (nSPS) is 14.9. The molecule has 138 valence electrons. The summed E-state index contributed by atoms with van der Waals surface area (Å²) in [6, 6.07) is 5.15. The van der Waals surface area contributed by atoms with Gasteiger partial charge in [0.05, 0.1) is 17.8 Å². The number of hydrogen-bond donors (Lipinski definition) is 1. The minimum Gasteiger partial charge on any atom is -0.480 e. The van der Waals surface area contributed by atoms with Crippen LogP contribution in [0.25, 0.3) is 5.69 Å². The Morgan fingerprint density at radius 3 is 2.46 bits per heavy atom. The zero-order chi connectivity index (χ0) is 19.0. The van der Waals surface area contributed by atoms with Gasteiger partial charge in [-0.1, -0.05) is 0 Å². The molecule has 1 fully saturated rings. The molecule has 1 aliphatic carbocycles. The lowest BCUT2D eigenvalue weighted by atomic mass is 10.1. The molecular weight excluding hydrogens is 337 g/mol. The van der Waals surface area contributed by atoms with Crippen molar-refractivity contribution >= 4 is 11.9 Å². The number of benzene rings is 1. The SMILES string of the molecule is Cc1nn(-c2ccc(F)cc2)c(C)c1CC(=O)N(C1CC1)C(C)C(=O)O. The molecule has 6 nitrogen and oxygen atoms in total. The fourth-order valence-electron chi connectivity index (χ4n) is 3.21. The van der Waals surface area contributed by atoms with E-state index in [1.54, 1.807) is 23.7 Å². The second-order valence-electron chi connectivity index (χ2n) is 6.76. The van der Waals surface area contributed by atoms with Gasteiger partial charge in [-0.3, -0.25) is 4.79 Å². The standard InChI is InChI=1S/C19H22FN3O3/c1-11-17(10-18(24)22(15-8-9-15)13(3)19(25)26)12(2)23(21-11)16-6-4-14(20)5-7-16/h4-7,13,15H,8-10H2,1-3H3,(H,25,26). The summed E-state index contributed by atoms with van der Waals surface area (Å²) in [5.41, 5.74) is 2.99. The molecule has 0 radical (unpaired) electrons. The lowest BCUT2D eigenvalue weighted by Gasteiger charge is -2.26. The Kier molecular flexibility index (Phi) is 4.80. The summed E-state index contributed by atoms with van der Waals surface area (Å²) in [7, 11) is 0. The fourth-order valence-corrected chi connectivity index (χ4v) is 3.21. The van der Waals surface area contributed by atoms with Crippen molar-refractivity contribution in [3.8, 4) is 5.69 Å². The number of halogens is 1. The van der Waals surface area contributed by atoms with Crippen molar-refractivity contribution in [2.45, 2.75) is 52.1 Å². The van der Waals surface area contributed by atoms with Crippen molar-refractivity contribution in [2.75, 3.05) is 0 Å². The summed E-state index contributed by atoms with van der Waals surface area (Å²) in [4.78, 5) is 25.6. The summed E-state index contributed by atoms with van der Waals surface area (Å²) >= 11 is 0. The molecule has 2 aromatic rings. The van der Waals surface area contributed by atoms with Crippen LogP contribution in [0.4, 0.5) is 4.39 Å². The maximum Gasteiger partial charge on any atom is 0.326 e. The summed E-state index contributed by atoms with van der Waals surface area (Å²) < 4.78 is 14.8. The highest BCUT2D eigenvalue weighted by Crippen LogP contribution is 2.30. The van der Waals surface area contributed by atoms with Crippen molar-refractivity contribution in [2.24, 2.45) is 0 Å². The molecule has 1 amide bonds. The van der Waals surface area contributed by atoms with Crippen LogP contribution in [0, 0.1) is 19.7 Å². The van der Waals surface area contributed by atoms with E-state index in [0.29, 0.717) is 11.4 Å². The van der Waals surface area contributed by atoms with Crippen LogP contribution in [-0.4, -0.2) is 43.7 Å². The highest BCUT2D eigenvalue weighted by Gasteiger charge is 2.38. The van der Waals surface area contributed by atoms with Gasteiger partial charge < -0.3 is 10.0 Å². The van der Waals surface area contributed by atoms with Crippen LogP contribution in [0.2, 0.25) is 0 Å². The van der Waals surface area contributed by atoms with Crippen LogP contribution in [0.3, 0.4) is 0 Å². The average molecular weight is 359 g/mol. The Balaban J connectivity index is 1.86. The van der Waals surface area contributed by atoms with E-state index in [4.69, 9.17) is 0 Å². The van der Waals surface area contributed by atoms with Gasteiger partial charge in [0.15, 0.2) is 0 Å². The van der Waals surface area contributed by atoms with Gasteiger partial charge in [0, 0.05) is 17.3 Å². The summed E-state index contributed by atoms with van der Waals surface area (Å²) in [6.45, 7) is 5.21. The van der Waals surface area contributed by atoms with Crippen LogP contribution in [0.1, 0.15) is 36.7 Å². The maximum atomic E-state index is 13.1. The number of nitrogens with zero attached hydrogens (tertiary/aromatic N) is 3. The minimum absolute atomic E-state index is 0.0151. The topological polar surface area (TPSA) is 75.4 Å². The van der Waals surface area contributed by atoms with E-state index in [2.05, 4.69) is 5.10 Å². The first-order chi connectivity index (χ1) is 12.3. The molecular formula is C19H22FN3O3. The first-order valence-corrected chi connectivity index (χ1v) is 8.64. The highest BCUT2D eigenvalue weighted by atomic mass is 19.1. The van der Waals surface area contributed by atoms with Gasteiger partial charge in [0.2, 0.25) is 5.91 Å². The van der Waals surface area contributed by atoms with Crippen molar-refractivity contribution in [3.63, 3.8) is 0 Å². The average Bonchev–Trinajstić information content (AvgIpc) is 3.38. The van der Waals surface area contributed by atoms with Crippen LogP contribution >= 0.6 is 0 Å². The van der Waals surface area contributed by atoms with Gasteiger partial charge in [0.1, 0.15) is 11.9 Å². The number of amides is 1. The van der Waals surface area contributed by atoms with E-state index < -0.39 is 12.0 Å². The second-order valence-corrected chi connectivity index (χ2v) is 6.76. The summed E-state index contributed by atoms with van der Waals surface area (Å²) in [5, 5.41) is 13.8. The number of rotatable bonds is 6. The number of hydrogen-bond acceptors (Lipinski definition) is 3. The van der Waals surface area contributed by atoms with E-state index in [1.807, 2.05) is 13.8 Å². The van der Waals surface area contributed by atoms with Crippen LogP contribution in [0.15, 0.2) is 24.3 Å². The number of carbonyl (C=O) groups excluding carboxylic acids is 1. The van der Waals surface area contributed by atoms with Gasteiger partial charge in [0.25, 0.3) is 0 Å². The van der Waals surface area contributed by atoms with Crippen LogP contribution in [-0.2, 0) is 16.0 Å². The van der Waals surface area contributed by atoms with E-state index in [1.165, 1.54) is 17.0 Å². The smallest absolute Gasteiger partial charge is 0.326 e. The number of aliphatic carboxylic acids is 1. The molecule has 0 spiro atoms. The predicted octanol–water partition coefficient (Wildman–Crippen LogP) is 2.63. The molecule has 1 atom stereocenters. The van der Waals surface area contributed by atoms with Crippen molar-refractivity contribution < 1.29 is 19.1 Å². The van der Waals surface area contributed by atoms with Gasteiger partial charge in [-0.25, -0.2) is 13.9 Å². The molecule has 7 heteroatoms. The van der Waals surface area contributed by atoms with E-state index in [9.17, 15) is 19.1 Å². The Hall–Kier alpha value is -2.70. The van der Waals surface area contributed by atoms with Gasteiger partial charge in [-0.05, 0) is 57.9 Å². The van der Waals surface area contributed by atoms with Crippen molar-refractivity contribution in [1.82, 2.24) is 14.7 Å². The highest BCUT2D eigenvalue weighted by molar-refractivity contribution is 5.85. The van der Waals surface area contributed by atoms with E-state index in [-0.39, 0.29) is 24.2 Å². The summed E-state index contributed by atoms with van der Waals surface area (Å²) in [6.07, 6.45) is 1.79. The molecule has 3 rings (SSSR count). The number of carboxylic acid groups (broad SMARTS) is 1. The Bertz CT molecular complexity index is 840. The largest absolute Gasteiger partial charge is 0.480 e. The third-order valence-electron chi connectivity index (χ3n) is 4.84. The van der Waals surface area contributed by atoms with E-state index >= 15 is 0 Å². The van der Waals surface area contributed by atoms with Crippen LogP contribution in [0.5, 0.6) is 0 Å². The third kappa shape index (κ3) is 3.47. The molecule has 1 heterocycles. The number of aryl methyl sites for hydroxylation is 1. The summed E-state index contributed by atoms with van der Waals surface area (Å²) in [5.74, 6) is -1.53. The van der Waals surface area contributed by atoms with Gasteiger partial charge in [-0.15, -0.1) is 0 Å². The molecule has 1 aliphatic rings. The third-order valence-corrected chi connectivity index (χ3v) is 4.84. The van der Waals surface area contributed by atoms with Crippen molar-refractivity contribution in [1.29, 1.82) is 0 Å². The zero-order valence-corrected chi connectivity index (χ0v) is 15.1. The van der Waals surface area contributed by atoms with Gasteiger partial charge in [-0.2, -0.15) is 5.10 Å². The molecule has 0 saturated heterocycles. The van der Waals surface area contributed by atoms with E-state index in [0.717, 1.165) is 24.1 Å². The van der Waals surface area contributed by atoms with Crippen LogP contribution < -0.4 is 0 Å². The predicted molar refractivity (Wildman–Crippen MR) is 93.7 cm³/mol. The number of carbonyl (C=O) groups is 2. The first kappa shape index (κ1) is 18.1. The maximum absolute atomic E-state index is 13.1. The molecule has 1 N–H and O–H groups in total. The lowest BCUT2D eigenvalue weighted by molar-refractivity contribution is -0.149. The van der Waals surface area contributed by atoms with Crippen molar-refractivity contribution in [3.05, 3.63) is 47.0 Å². The Morgan fingerprint density at radius 2 is 1.92 bits per heavy atom. The number of aromatic nitrogens is 2. The quantitative estimate of drug-likeness (QED) is 0.860. The lowest BCUT2D eigenvalue weighted by Crippen LogP contribution is -2.45. The molecule has 1 saturated carbocycles. The monoisotopic (exact) mass is 359 g/mol. The zero-order valence-electron chi connectivity index (χ0n) is 15.1. The molecule has 0 aliphatic heterocycles. The minimum atomic E-state index is -0.999. The molecule has 1 aromatic carbocycles. The Morgan fingerprint density at radius 1 is 1.31 bits per heavy atom.